The number of nitrogens with one attached hydrogen (secondary N) is 1. The van der Waals surface area contributed by atoms with Crippen molar-refractivity contribution in [1.82, 2.24) is 19.4 Å². The summed E-state index contributed by atoms with van der Waals surface area (Å²) in [6.07, 6.45) is 2.28. The molecule has 3 saturated heterocycles. The van der Waals surface area contributed by atoms with Gasteiger partial charge in [0.15, 0.2) is 0 Å². The number of nitrogens with zero attached hydrogens (tertiary/aromatic N) is 4. The molecule has 0 unspecified atom stereocenters. The van der Waals surface area contributed by atoms with Crippen molar-refractivity contribution in [2.24, 2.45) is 0 Å². The van der Waals surface area contributed by atoms with Crippen LogP contribution in [-0.4, -0.2) is 39.1 Å². The van der Waals surface area contributed by atoms with E-state index in [9.17, 15) is 13.6 Å². The molecule has 1 N–H and O–H groups in total. The molecule has 0 amide bonds. The molecule has 3 aliphatic heterocycles. The summed E-state index contributed by atoms with van der Waals surface area (Å²) in [7, 11) is 0. The SMILES string of the molecule is Cc1nc(N[C@@H](C)c2cccc(C(F)F)c2C)c2cn(C34CCN(CC3)CC4)c(=O)cc2n1. The average Bonchev–Trinajstić information content (AvgIpc) is 2.79. The van der Waals surface area contributed by atoms with Crippen LogP contribution in [0.1, 0.15) is 61.2 Å². The lowest BCUT2D eigenvalue weighted by Gasteiger charge is -2.49. The number of anilines is 1. The highest BCUT2D eigenvalue weighted by molar-refractivity contribution is 5.88. The fourth-order valence-corrected chi connectivity index (χ4v) is 5.53. The van der Waals surface area contributed by atoms with Gasteiger partial charge in [-0.25, -0.2) is 18.7 Å². The van der Waals surface area contributed by atoms with Gasteiger partial charge in [0.2, 0.25) is 0 Å². The van der Waals surface area contributed by atoms with Crippen LogP contribution in [0.15, 0.2) is 35.3 Å². The molecule has 3 aromatic rings. The largest absolute Gasteiger partial charge is 0.363 e. The highest BCUT2D eigenvalue weighted by Gasteiger charge is 2.41. The number of fused-ring (bicyclic) bond motifs is 4. The van der Waals surface area contributed by atoms with Crippen molar-refractivity contribution in [3.8, 4) is 0 Å². The molecule has 2 bridgehead atoms. The van der Waals surface area contributed by atoms with Crippen molar-refractivity contribution in [3.63, 3.8) is 0 Å². The van der Waals surface area contributed by atoms with Gasteiger partial charge < -0.3 is 14.8 Å². The molecule has 0 spiro atoms. The Hall–Kier alpha value is -2.87. The van der Waals surface area contributed by atoms with Gasteiger partial charge in [-0.2, -0.15) is 0 Å². The molecule has 3 fully saturated rings. The van der Waals surface area contributed by atoms with E-state index >= 15 is 0 Å². The molecule has 174 valence electrons. The Morgan fingerprint density at radius 2 is 1.73 bits per heavy atom. The van der Waals surface area contributed by atoms with E-state index in [4.69, 9.17) is 0 Å². The molecule has 1 aromatic carbocycles. The summed E-state index contributed by atoms with van der Waals surface area (Å²) in [4.78, 5) is 24.7. The molecule has 0 radical (unpaired) electrons. The van der Waals surface area contributed by atoms with Crippen molar-refractivity contribution >= 4 is 16.7 Å². The summed E-state index contributed by atoms with van der Waals surface area (Å²) >= 11 is 0. The van der Waals surface area contributed by atoms with Gasteiger partial charge in [-0.3, -0.25) is 4.79 Å². The number of rotatable bonds is 5. The van der Waals surface area contributed by atoms with Gasteiger partial charge in [0.25, 0.3) is 12.0 Å². The number of aromatic nitrogens is 3. The van der Waals surface area contributed by atoms with Crippen LogP contribution in [0.5, 0.6) is 0 Å². The van der Waals surface area contributed by atoms with Crippen LogP contribution in [0.2, 0.25) is 0 Å². The van der Waals surface area contributed by atoms with Crippen LogP contribution in [0.4, 0.5) is 14.6 Å². The second-order valence-corrected chi connectivity index (χ2v) is 9.44. The first-order valence-corrected chi connectivity index (χ1v) is 11.6. The molecular formula is C25H29F2N5O. The third kappa shape index (κ3) is 3.80. The zero-order chi connectivity index (χ0) is 23.3. The van der Waals surface area contributed by atoms with Crippen molar-refractivity contribution in [2.45, 2.75) is 58.0 Å². The lowest BCUT2D eigenvalue weighted by Crippen LogP contribution is -2.55. The summed E-state index contributed by atoms with van der Waals surface area (Å²) in [6, 6.07) is 6.35. The lowest BCUT2D eigenvalue weighted by molar-refractivity contribution is 0.0329. The Bertz CT molecular complexity index is 1250. The minimum absolute atomic E-state index is 0.0320. The lowest BCUT2D eigenvalue weighted by atomic mass is 9.79. The maximum Gasteiger partial charge on any atom is 0.264 e. The summed E-state index contributed by atoms with van der Waals surface area (Å²) in [5.74, 6) is 1.17. The number of pyridine rings is 1. The number of halogens is 2. The highest BCUT2D eigenvalue weighted by atomic mass is 19.3. The predicted molar refractivity (Wildman–Crippen MR) is 125 cm³/mol. The van der Waals surface area contributed by atoms with Crippen LogP contribution >= 0.6 is 0 Å². The van der Waals surface area contributed by atoms with Crippen molar-refractivity contribution in [2.75, 3.05) is 25.0 Å². The zero-order valence-corrected chi connectivity index (χ0v) is 19.2. The maximum atomic E-state index is 13.4. The number of hydrogen-bond acceptors (Lipinski definition) is 5. The summed E-state index contributed by atoms with van der Waals surface area (Å²) in [5, 5.41) is 4.19. The highest BCUT2D eigenvalue weighted by Crippen LogP contribution is 2.38. The summed E-state index contributed by atoms with van der Waals surface area (Å²) < 4.78 is 28.7. The van der Waals surface area contributed by atoms with E-state index in [1.54, 1.807) is 26.0 Å². The molecule has 6 rings (SSSR count). The Morgan fingerprint density at radius 1 is 1.06 bits per heavy atom. The van der Waals surface area contributed by atoms with Gasteiger partial charge in [-0.15, -0.1) is 0 Å². The molecule has 8 heteroatoms. The molecular weight excluding hydrogens is 424 g/mol. The first-order chi connectivity index (χ1) is 15.8. The Morgan fingerprint density at radius 3 is 2.39 bits per heavy atom. The Kier molecular flexibility index (Phi) is 5.43. The zero-order valence-electron chi connectivity index (χ0n) is 19.2. The minimum Gasteiger partial charge on any atom is -0.363 e. The van der Waals surface area contributed by atoms with Crippen molar-refractivity contribution in [1.29, 1.82) is 0 Å². The van der Waals surface area contributed by atoms with Gasteiger partial charge in [-0.05, 0) is 51.2 Å². The minimum atomic E-state index is -2.52. The summed E-state index contributed by atoms with van der Waals surface area (Å²) in [5.41, 5.74) is 1.82. The molecule has 1 atom stereocenters. The fourth-order valence-electron chi connectivity index (χ4n) is 5.53. The van der Waals surface area contributed by atoms with E-state index < -0.39 is 6.43 Å². The topological polar surface area (TPSA) is 63.1 Å². The van der Waals surface area contributed by atoms with Gasteiger partial charge in [-0.1, -0.05) is 18.2 Å². The molecule has 5 heterocycles. The van der Waals surface area contributed by atoms with Crippen LogP contribution in [0.3, 0.4) is 0 Å². The number of benzene rings is 1. The third-order valence-electron chi connectivity index (χ3n) is 7.51. The second-order valence-electron chi connectivity index (χ2n) is 9.44. The maximum absolute atomic E-state index is 13.4. The number of aryl methyl sites for hydroxylation is 1. The molecule has 6 nitrogen and oxygen atoms in total. The van der Waals surface area contributed by atoms with Crippen molar-refractivity contribution in [3.05, 3.63) is 63.3 Å². The first-order valence-electron chi connectivity index (χ1n) is 11.6. The second kappa shape index (κ2) is 8.17. The normalized spacial score (nSPS) is 23.3. The number of hydrogen-bond donors (Lipinski definition) is 1. The van der Waals surface area contributed by atoms with Crippen LogP contribution < -0.4 is 10.9 Å². The predicted octanol–water partition coefficient (Wildman–Crippen LogP) is 4.71. The Balaban J connectivity index is 1.57. The van der Waals surface area contributed by atoms with E-state index in [0.717, 1.165) is 49.8 Å². The fraction of sp³-hybridized carbons (Fsp3) is 0.480. The van der Waals surface area contributed by atoms with Gasteiger partial charge in [0.1, 0.15) is 11.6 Å². The molecule has 33 heavy (non-hydrogen) atoms. The average molecular weight is 454 g/mol. The van der Waals surface area contributed by atoms with Gasteiger partial charge >= 0.3 is 0 Å². The molecule has 2 aromatic heterocycles. The quantitative estimate of drug-likeness (QED) is 0.606. The summed E-state index contributed by atoms with van der Waals surface area (Å²) in [6.45, 7) is 8.49. The molecule has 0 saturated carbocycles. The van der Waals surface area contributed by atoms with E-state index in [2.05, 4.69) is 20.2 Å². The van der Waals surface area contributed by atoms with E-state index in [1.165, 1.54) is 6.07 Å². The van der Waals surface area contributed by atoms with Gasteiger partial charge in [0.05, 0.1) is 22.5 Å². The first kappa shape index (κ1) is 21.9. The monoisotopic (exact) mass is 453 g/mol. The smallest absolute Gasteiger partial charge is 0.264 e. The van der Waals surface area contributed by atoms with Crippen molar-refractivity contribution < 1.29 is 8.78 Å². The van der Waals surface area contributed by atoms with Crippen LogP contribution in [0, 0.1) is 13.8 Å². The van der Waals surface area contributed by atoms with E-state index in [1.807, 2.05) is 23.8 Å². The van der Waals surface area contributed by atoms with Crippen LogP contribution in [-0.2, 0) is 5.54 Å². The third-order valence-corrected chi connectivity index (χ3v) is 7.51. The van der Waals surface area contributed by atoms with E-state index in [0.29, 0.717) is 22.7 Å². The molecule has 3 aliphatic rings. The Labute approximate surface area is 191 Å². The van der Waals surface area contributed by atoms with Gasteiger partial charge in [0, 0.05) is 37.5 Å². The van der Waals surface area contributed by atoms with E-state index in [-0.39, 0.29) is 22.7 Å². The van der Waals surface area contributed by atoms with Crippen LogP contribution in [0.25, 0.3) is 10.9 Å². The standard InChI is InChI=1S/C25H29F2N5O/c1-15-18(5-4-6-19(15)23(26)27)16(2)28-24-20-14-32(22(33)13-21(20)29-17(3)30-24)25-7-10-31(11-8-25)12-9-25/h4-6,13-14,16,23H,7-12H2,1-3H3,(H,28,29,30)/t16-/m0/s1. The number of piperidine rings is 3. The molecule has 0 aliphatic carbocycles. The number of alkyl halides is 2.